The first kappa shape index (κ1) is 15.3. The van der Waals surface area contributed by atoms with Crippen LogP contribution in [0.3, 0.4) is 0 Å². The van der Waals surface area contributed by atoms with E-state index in [0.717, 1.165) is 12.8 Å². The summed E-state index contributed by atoms with van der Waals surface area (Å²) in [5, 5.41) is 13.3. The van der Waals surface area contributed by atoms with Crippen LogP contribution in [0.2, 0.25) is 0 Å². The van der Waals surface area contributed by atoms with Crippen LogP contribution in [0.1, 0.15) is 30.1 Å². The molecule has 0 bridgehead atoms. The van der Waals surface area contributed by atoms with Crippen molar-refractivity contribution in [2.24, 2.45) is 0 Å². The fourth-order valence-corrected chi connectivity index (χ4v) is 2.38. The number of methoxy groups -OCH3 is 1. The van der Waals surface area contributed by atoms with Gasteiger partial charge in [-0.1, -0.05) is 31.5 Å². The molecule has 1 atom stereocenters. The second kappa shape index (κ2) is 7.04. The van der Waals surface area contributed by atoms with E-state index in [0.29, 0.717) is 23.3 Å². The third-order valence-corrected chi connectivity index (χ3v) is 3.30. The average Bonchev–Trinajstić information content (AvgIpc) is 2.47. The highest BCUT2D eigenvalue weighted by molar-refractivity contribution is 6.03. The van der Waals surface area contributed by atoms with E-state index in [9.17, 15) is 9.90 Å². The van der Waals surface area contributed by atoms with Gasteiger partial charge in [-0.25, -0.2) is 9.78 Å². The largest absolute Gasteiger partial charge is 0.478 e. The van der Waals surface area contributed by atoms with E-state index < -0.39 is 5.97 Å². The van der Waals surface area contributed by atoms with E-state index in [1.165, 1.54) is 0 Å². The van der Waals surface area contributed by atoms with Gasteiger partial charge in [0.05, 0.1) is 23.7 Å². The molecular weight excluding hydrogens is 268 g/mol. The van der Waals surface area contributed by atoms with Gasteiger partial charge in [0.15, 0.2) is 0 Å². The van der Waals surface area contributed by atoms with Gasteiger partial charge in [-0.2, -0.15) is 0 Å². The number of hydrogen-bond acceptors (Lipinski definition) is 4. The first-order chi connectivity index (χ1) is 10.2. The molecule has 112 valence electrons. The summed E-state index contributed by atoms with van der Waals surface area (Å²) in [7, 11) is 1.65. The van der Waals surface area contributed by atoms with Crippen LogP contribution in [0.5, 0.6) is 0 Å². The maximum Gasteiger partial charge on any atom is 0.336 e. The molecule has 1 aromatic carbocycles. The van der Waals surface area contributed by atoms with Crippen molar-refractivity contribution in [2.45, 2.75) is 25.8 Å². The third-order valence-electron chi connectivity index (χ3n) is 3.30. The predicted molar refractivity (Wildman–Crippen MR) is 82.9 cm³/mol. The van der Waals surface area contributed by atoms with Gasteiger partial charge in [0.1, 0.15) is 5.82 Å². The lowest BCUT2D eigenvalue weighted by molar-refractivity contribution is 0.0699. The maximum absolute atomic E-state index is 11.4. The lowest BCUT2D eigenvalue weighted by atomic mass is 10.1. The molecule has 2 aromatic rings. The van der Waals surface area contributed by atoms with Crippen LogP contribution in [-0.4, -0.2) is 35.8 Å². The van der Waals surface area contributed by atoms with E-state index in [2.05, 4.69) is 17.2 Å². The van der Waals surface area contributed by atoms with Crippen molar-refractivity contribution in [1.29, 1.82) is 0 Å². The Morgan fingerprint density at radius 1 is 1.43 bits per heavy atom. The number of anilines is 1. The molecule has 5 nitrogen and oxygen atoms in total. The third kappa shape index (κ3) is 3.70. The molecule has 1 aromatic heterocycles. The first-order valence-electron chi connectivity index (χ1n) is 7.04. The van der Waals surface area contributed by atoms with Gasteiger partial charge in [-0.05, 0) is 18.6 Å². The Hall–Kier alpha value is -2.14. The standard InChI is InChI=1S/C16H20N2O3/c1-3-6-11(10-21-2)17-15-9-13(16(19)20)12-7-4-5-8-14(12)18-15/h4-5,7-9,11H,3,6,10H2,1-2H3,(H,17,18)(H,19,20). The van der Waals surface area contributed by atoms with Crippen molar-refractivity contribution in [2.75, 3.05) is 19.0 Å². The minimum Gasteiger partial charge on any atom is -0.478 e. The number of aromatic carboxylic acids is 1. The molecule has 0 saturated heterocycles. The summed E-state index contributed by atoms with van der Waals surface area (Å²) in [6.07, 6.45) is 1.95. The summed E-state index contributed by atoms with van der Waals surface area (Å²) < 4.78 is 5.19. The Morgan fingerprint density at radius 2 is 2.19 bits per heavy atom. The number of benzene rings is 1. The van der Waals surface area contributed by atoms with Gasteiger partial charge in [-0.3, -0.25) is 0 Å². The number of hydrogen-bond donors (Lipinski definition) is 2. The molecule has 1 heterocycles. The predicted octanol–water partition coefficient (Wildman–Crippen LogP) is 3.16. The molecule has 0 aliphatic rings. The second-order valence-electron chi connectivity index (χ2n) is 4.96. The van der Waals surface area contributed by atoms with E-state index in [1.807, 2.05) is 18.2 Å². The Kier molecular flexibility index (Phi) is 5.11. The molecule has 0 spiro atoms. The fraction of sp³-hybridized carbons (Fsp3) is 0.375. The van der Waals surface area contributed by atoms with Crippen molar-refractivity contribution >= 4 is 22.7 Å². The molecule has 0 aliphatic carbocycles. The number of nitrogens with one attached hydrogen (secondary N) is 1. The van der Waals surface area contributed by atoms with Crippen LogP contribution in [0.15, 0.2) is 30.3 Å². The van der Waals surface area contributed by atoms with Crippen molar-refractivity contribution in [1.82, 2.24) is 4.98 Å². The summed E-state index contributed by atoms with van der Waals surface area (Å²) in [6, 6.07) is 8.96. The molecule has 21 heavy (non-hydrogen) atoms. The van der Waals surface area contributed by atoms with E-state index in [4.69, 9.17) is 4.74 Å². The van der Waals surface area contributed by atoms with E-state index in [-0.39, 0.29) is 11.6 Å². The normalized spacial score (nSPS) is 12.3. The molecule has 0 saturated carbocycles. The summed E-state index contributed by atoms with van der Waals surface area (Å²) in [5.41, 5.74) is 0.934. The van der Waals surface area contributed by atoms with Gasteiger partial charge in [0.25, 0.3) is 0 Å². The number of rotatable bonds is 7. The molecule has 0 aliphatic heterocycles. The molecule has 5 heteroatoms. The number of ether oxygens (including phenoxy) is 1. The van der Waals surface area contributed by atoms with Gasteiger partial charge >= 0.3 is 5.97 Å². The highest BCUT2D eigenvalue weighted by atomic mass is 16.5. The van der Waals surface area contributed by atoms with Crippen LogP contribution in [0, 0.1) is 0 Å². The molecule has 2 N–H and O–H groups in total. The zero-order valence-corrected chi connectivity index (χ0v) is 12.3. The highest BCUT2D eigenvalue weighted by Crippen LogP contribution is 2.21. The van der Waals surface area contributed by atoms with Gasteiger partial charge in [0.2, 0.25) is 0 Å². The van der Waals surface area contributed by atoms with Crippen LogP contribution >= 0.6 is 0 Å². The van der Waals surface area contributed by atoms with Crippen molar-refractivity contribution in [3.63, 3.8) is 0 Å². The van der Waals surface area contributed by atoms with Crippen LogP contribution < -0.4 is 5.32 Å². The molecule has 0 fully saturated rings. The number of fused-ring (bicyclic) bond motifs is 1. The molecule has 2 rings (SSSR count). The molecular formula is C16H20N2O3. The molecule has 0 radical (unpaired) electrons. The lowest BCUT2D eigenvalue weighted by Crippen LogP contribution is -2.25. The Labute approximate surface area is 124 Å². The Morgan fingerprint density at radius 3 is 2.86 bits per heavy atom. The maximum atomic E-state index is 11.4. The quantitative estimate of drug-likeness (QED) is 0.819. The minimum absolute atomic E-state index is 0.121. The van der Waals surface area contributed by atoms with Crippen molar-refractivity contribution in [3.05, 3.63) is 35.9 Å². The Balaban J connectivity index is 2.37. The van der Waals surface area contributed by atoms with Crippen molar-refractivity contribution in [3.8, 4) is 0 Å². The van der Waals surface area contributed by atoms with Crippen molar-refractivity contribution < 1.29 is 14.6 Å². The monoisotopic (exact) mass is 288 g/mol. The van der Waals surface area contributed by atoms with Gasteiger partial charge in [-0.15, -0.1) is 0 Å². The van der Waals surface area contributed by atoms with E-state index >= 15 is 0 Å². The average molecular weight is 288 g/mol. The summed E-state index contributed by atoms with van der Waals surface area (Å²) in [5.74, 6) is -0.378. The molecule has 0 amide bonds. The van der Waals surface area contributed by atoms with Crippen LogP contribution in [-0.2, 0) is 4.74 Å². The number of carboxylic acids is 1. The number of nitrogens with zero attached hydrogens (tertiary/aromatic N) is 1. The number of carboxylic acid groups (broad SMARTS) is 1. The smallest absolute Gasteiger partial charge is 0.336 e. The van der Waals surface area contributed by atoms with Gasteiger partial charge < -0.3 is 15.2 Å². The summed E-state index contributed by atoms with van der Waals surface area (Å²) in [4.78, 5) is 15.9. The molecule has 1 unspecified atom stereocenters. The number of aromatic nitrogens is 1. The number of para-hydroxylation sites is 1. The SMILES string of the molecule is CCCC(COC)Nc1cc(C(=O)O)c2ccccc2n1. The second-order valence-corrected chi connectivity index (χ2v) is 4.96. The number of pyridine rings is 1. The fourth-order valence-electron chi connectivity index (χ4n) is 2.38. The zero-order chi connectivity index (χ0) is 15.2. The highest BCUT2D eigenvalue weighted by Gasteiger charge is 2.14. The minimum atomic E-state index is -0.949. The zero-order valence-electron chi connectivity index (χ0n) is 12.3. The van der Waals surface area contributed by atoms with E-state index in [1.54, 1.807) is 19.2 Å². The number of carbonyl (C=O) groups is 1. The first-order valence-corrected chi connectivity index (χ1v) is 7.04. The van der Waals surface area contributed by atoms with Crippen LogP contribution in [0.4, 0.5) is 5.82 Å². The van der Waals surface area contributed by atoms with Gasteiger partial charge in [0, 0.05) is 12.5 Å². The lowest BCUT2D eigenvalue weighted by Gasteiger charge is -2.18. The Bertz CT molecular complexity index is 622. The topological polar surface area (TPSA) is 71.5 Å². The summed E-state index contributed by atoms with van der Waals surface area (Å²) >= 11 is 0. The summed E-state index contributed by atoms with van der Waals surface area (Å²) in [6.45, 7) is 2.66. The van der Waals surface area contributed by atoms with Crippen LogP contribution in [0.25, 0.3) is 10.9 Å².